The fourth-order valence-corrected chi connectivity index (χ4v) is 3.45. The molecule has 1 heterocycles. The maximum Gasteiger partial charge on any atom is 0.267 e. The van der Waals surface area contributed by atoms with Gasteiger partial charge < -0.3 is 5.32 Å². The van der Waals surface area contributed by atoms with Crippen molar-refractivity contribution in [3.05, 3.63) is 45.1 Å². The molecule has 0 atom stereocenters. The number of rotatable bonds is 3. The van der Waals surface area contributed by atoms with Gasteiger partial charge >= 0.3 is 0 Å². The number of primary sulfonamides is 1. The van der Waals surface area contributed by atoms with Crippen LogP contribution in [0.3, 0.4) is 0 Å². The van der Waals surface area contributed by atoms with Crippen LogP contribution >= 0.6 is 22.9 Å². The summed E-state index contributed by atoms with van der Waals surface area (Å²) in [6, 6.07) is 5.92. The first kappa shape index (κ1) is 15.0. The van der Waals surface area contributed by atoms with E-state index in [2.05, 4.69) is 5.32 Å². The summed E-state index contributed by atoms with van der Waals surface area (Å²) >= 11 is 7.20. The lowest BCUT2D eigenvalue weighted by molar-refractivity contribution is 0.103. The van der Waals surface area contributed by atoms with E-state index in [-0.39, 0.29) is 10.6 Å². The molecular weight excluding hydrogens is 320 g/mol. The number of sulfonamides is 1. The summed E-state index contributed by atoms with van der Waals surface area (Å²) in [6.07, 6.45) is 0. The Morgan fingerprint density at radius 2 is 2.00 bits per heavy atom. The minimum absolute atomic E-state index is 0.127. The van der Waals surface area contributed by atoms with Crippen molar-refractivity contribution >= 4 is 44.6 Å². The predicted octanol–water partition coefficient (Wildman–Crippen LogP) is 2.61. The highest BCUT2D eigenvalue weighted by Crippen LogP contribution is 2.28. The molecule has 2 rings (SSSR count). The maximum atomic E-state index is 12.1. The van der Waals surface area contributed by atoms with Crippen molar-refractivity contribution in [1.82, 2.24) is 0 Å². The summed E-state index contributed by atoms with van der Waals surface area (Å²) in [5.74, 6) is -0.468. The molecule has 0 unspecified atom stereocenters. The molecule has 0 radical (unpaired) electrons. The molecule has 106 valence electrons. The molecule has 0 saturated heterocycles. The molecule has 0 spiro atoms. The zero-order chi connectivity index (χ0) is 14.9. The van der Waals surface area contributed by atoms with Crippen LogP contribution < -0.4 is 10.5 Å². The third-order valence-corrected chi connectivity index (χ3v) is 5.21. The first-order valence-corrected chi connectivity index (χ1v) is 8.28. The quantitative estimate of drug-likeness (QED) is 0.906. The number of aryl methyl sites for hydroxylation is 1. The molecule has 0 aliphatic carbocycles. The molecule has 0 aliphatic heterocycles. The van der Waals surface area contributed by atoms with Crippen LogP contribution in [0.4, 0.5) is 5.69 Å². The summed E-state index contributed by atoms with van der Waals surface area (Å²) in [5.41, 5.74) is 0.920. The van der Waals surface area contributed by atoms with Crippen LogP contribution in [0.15, 0.2) is 34.5 Å². The molecule has 0 aliphatic rings. The van der Waals surface area contributed by atoms with Crippen LogP contribution in [-0.2, 0) is 10.0 Å². The number of anilines is 1. The lowest BCUT2D eigenvalue weighted by Gasteiger charge is -2.08. The Bertz CT molecular complexity index is 769. The Hall–Kier alpha value is -1.41. The molecule has 1 aromatic heterocycles. The number of para-hydroxylation sites is 1. The molecule has 3 N–H and O–H groups in total. The van der Waals surface area contributed by atoms with Gasteiger partial charge in [0.1, 0.15) is 9.77 Å². The van der Waals surface area contributed by atoms with Crippen molar-refractivity contribution in [3.8, 4) is 0 Å². The van der Waals surface area contributed by atoms with Crippen LogP contribution in [-0.4, -0.2) is 14.3 Å². The summed E-state index contributed by atoms with van der Waals surface area (Å²) in [7, 11) is -3.91. The van der Waals surface area contributed by atoms with Gasteiger partial charge in [-0.15, -0.1) is 11.3 Å². The van der Waals surface area contributed by atoms with E-state index in [0.29, 0.717) is 9.90 Å². The van der Waals surface area contributed by atoms with E-state index >= 15 is 0 Å². The Labute approximate surface area is 125 Å². The number of nitrogens with one attached hydrogen (secondary N) is 1. The van der Waals surface area contributed by atoms with Gasteiger partial charge in [0.25, 0.3) is 5.91 Å². The van der Waals surface area contributed by atoms with Crippen LogP contribution in [0.5, 0.6) is 0 Å². The van der Waals surface area contributed by atoms with Gasteiger partial charge in [-0.2, -0.15) is 0 Å². The smallest absolute Gasteiger partial charge is 0.267 e. The van der Waals surface area contributed by atoms with Gasteiger partial charge in [0.15, 0.2) is 0 Å². The molecular formula is C12H11ClN2O3S2. The maximum absolute atomic E-state index is 12.1. The molecule has 20 heavy (non-hydrogen) atoms. The molecule has 1 amide bonds. The minimum atomic E-state index is -3.91. The summed E-state index contributed by atoms with van der Waals surface area (Å²) in [6.45, 7) is 1.79. The third kappa shape index (κ3) is 3.01. The number of amides is 1. The topological polar surface area (TPSA) is 89.3 Å². The van der Waals surface area contributed by atoms with Crippen molar-refractivity contribution < 1.29 is 13.2 Å². The zero-order valence-corrected chi connectivity index (χ0v) is 12.8. The van der Waals surface area contributed by atoms with Gasteiger partial charge in [-0.3, -0.25) is 4.79 Å². The van der Waals surface area contributed by atoms with Gasteiger partial charge in [-0.05, 0) is 30.0 Å². The fourth-order valence-electron chi connectivity index (χ4n) is 1.58. The first-order valence-electron chi connectivity index (χ1n) is 5.47. The SMILES string of the molecule is Cc1csc(C(=O)Nc2ccccc2S(N)(=O)=O)c1Cl. The lowest BCUT2D eigenvalue weighted by atomic mass is 10.3. The van der Waals surface area contributed by atoms with Crippen molar-refractivity contribution in [2.75, 3.05) is 5.32 Å². The van der Waals surface area contributed by atoms with Gasteiger partial charge in [0, 0.05) is 0 Å². The number of nitrogens with two attached hydrogens (primary N) is 1. The second-order valence-corrected chi connectivity index (χ2v) is 6.84. The Balaban J connectivity index is 2.36. The number of carbonyl (C=O) groups excluding carboxylic acids is 1. The van der Waals surface area contributed by atoms with Gasteiger partial charge in [0.05, 0.1) is 10.7 Å². The molecule has 1 aromatic carbocycles. The summed E-state index contributed by atoms with van der Waals surface area (Å²) in [5, 5.41) is 9.73. The average molecular weight is 331 g/mol. The van der Waals surface area contributed by atoms with E-state index < -0.39 is 15.9 Å². The Morgan fingerprint density at radius 1 is 1.35 bits per heavy atom. The van der Waals surface area contributed by atoms with Crippen LogP contribution in [0.25, 0.3) is 0 Å². The largest absolute Gasteiger partial charge is 0.320 e. The summed E-state index contributed by atoms with van der Waals surface area (Å²) < 4.78 is 22.9. The monoisotopic (exact) mass is 330 g/mol. The number of benzene rings is 1. The van der Waals surface area contributed by atoms with Gasteiger partial charge in [-0.1, -0.05) is 23.7 Å². The number of thiophene rings is 1. The van der Waals surface area contributed by atoms with Crippen LogP contribution in [0.1, 0.15) is 15.2 Å². The number of carbonyl (C=O) groups is 1. The van der Waals surface area contributed by atoms with Gasteiger partial charge in [0.2, 0.25) is 10.0 Å². The Kier molecular flexibility index (Phi) is 4.14. The molecule has 0 saturated carbocycles. The van der Waals surface area contributed by atoms with Crippen molar-refractivity contribution in [2.45, 2.75) is 11.8 Å². The van der Waals surface area contributed by atoms with E-state index in [9.17, 15) is 13.2 Å². The molecule has 0 fully saturated rings. The number of halogens is 1. The van der Waals surface area contributed by atoms with Crippen molar-refractivity contribution in [1.29, 1.82) is 0 Å². The average Bonchev–Trinajstić information content (AvgIpc) is 2.69. The van der Waals surface area contributed by atoms with E-state index in [0.717, 1.165) is 5.56 Å². The highest BCUT2D eigenvalue weighted by molar-refractivity contribution is 7.89. The number of hydrogen-bond acceptors (Lipinski definition) is 4. The van der Waals surface area contributed by atoms with E-state index in [1.54, 1.807) is 18.4 Å². The zero-order valence-electron chi connectivity index (χ0n) is 10.4. The van der Waals surface area contributed by atoms with Gasteiger partial charge in [-0.25, -0.2) is 13.6 Å². The normalized spacial score (nSPS) is 11.3. The first-order chi connectivity index (χ1) is 9.30. The van der Waals surface area contributed by atoms with E-state index in [1.807, 2.05) is 0 Å². The molecule has 0 bridgehead atoms. The fraction of sp³-hybridized carbons (Fsp3) is 0.0833. The molecule has 8 heteroatoms. The highest BCUT2D eigenvalue weighted by atomic mass is 35.5. The second-order valence-electron chi connectivity index (χ2n) is 4.06. The lowest BCUT2D eigenvalue weighted by Crippen LogP contribution is -2.18. The number of hydrogen-bond donors (Lipinski definition) is 2. The Morgan fingerprint density at radius 3 is 2.55 bits per heavy atom. The van der Waals surface area contributed by atoms with E-state index in [1.165, 1.54) is 29.5 Å². The molecule has 5 nitrogen and oxygen atoms in total. The second kappa shape index (κ2) is 5.53. The third-order valence-electron chi connectivity index (χ3n) is 2.55. The highest BCUT2D eigenvalue weighted by Gasteiger charge is 2.19. The predicted molar refractivity (Wildman–Crippen MR) is 79.8 cm³/mol. The summed E-state index contributed by atoms with van der Waals surface area (Å²) in [4.78, 5) is 12.3. The van der Waals surface area contributed by atoms with E-state index in [4.69, 9.17) is 16.7 Å². The van der Waals surface area contributed by atoms with Crippen LogP contribution in [0, 0.1) is 6.92 Å². The molecule has 2 aromatic rings. The minimum Gasteiger partial charge on any atom is -0.320 e. The van der Waals surface area contributed by atoms with Crippen molar-refractivity contribution in [2.24, 2.45) is 5.14 Å². The standard InChI is InChI=1S/C12H11ClN2O3S2/c1-7-6-19-11(10(7)13)12(16)15-8-4-2-3-5-9(8)20(14,17)18/h2-6H,1H3,(H,15,16)(H2,14,17,18). The van der Waals surface area contributed by atoms with Crippen LogP contribution in [0.2, 0.25) is 5.02 Å². The van der Waals surface area contributed by atoms with Crippen molar-refractivity contribution in [3.63, 3.8) is 0 Å².